The van der Waals surface area contributed by atoms with Crippen LogP contribution in [0.4, 0.5) is 0 Å². The molecule has 0 spiro atoms. The normalized spacial score (nSPS) is 14.2. The highest BCUT2D eigenvalue weighted by Crippen LogP contribution is 2.14. The van der Waals surface area contributed by atoms with Crippen molar-refractivity contribution in [1.82, 2.24) is 10.2 Å². The Balaban J connectivity index is 1.49. The lowest BCUT2D eigenvalue weighted by Gasteiger charge is -2.26. The van der Waals surface area contributed by atoms with E-state index in [1.165, 1.54) is 6.42 Å². The Hall–Kier alpha value is -2.66. The summed E-state index contributed by atoms with van der Waals surface area (Å²) in [6, 6.07) is 14.6. The number of hydrogen-bond donors (Lipinski definition) is 2. The highest BCUT2D eigenvalue weighted by Gasteiger charge is 2.17. The quantitative estimate of drug-likeness (QED) is 0.837. The summed E-state index contributed by atoms with van der Waals surface area (Å²) >= 11 is 0. The summed E-state index contributed by atoms with van der Waals surface area (Å²) < 4.78 is 0. The fourth-order valence-electron chi connectivity index (χ4n) is 3.16. The van der Waals surface area contributed by atoms with Crippen LogP contribution >= 0.6 is 0 Å². The third-order valence-electron chi connectivity index (χ3n) is 4.70. The minimum atomic E-state index is -0.913. The molecule has 26 heavy (non-hydrogen) atoms. The monoisotopic (exact) mass is 352 g/mol. The topological polar surface area (TPSA) is 69.6 Å². The number of carbonyl (C=O) groups is 2. The van der Waals surface area contributed by atoms with Gasteiger partial charge in [-0.2, -0.15) is 0 Å². The highest BCUT2D eigenvalue weighted by molar-refractivity contribution is 5.94. The summed E-state index contributed by atoms with van der Waals surface area (Å²) in [7, 11) is 0. The summed E-state index contributed by atoms with van der Waals surface area (Å²) in [5.41, 5.74) is 3.19. The van der Waals surface area contributed by atoms with Crippen molar-refractivity contribution in [3.05, 3.63) is 70.8 Å². The van der Waals surface area contributed by atoms with Crippen LogP contribution in [-0.2, 0) is 13.1 Å². The summed E-state index contributed by atoms with van der Waals surface area (Å²) in [6.45, 7) is 3.08. The zero-order chi connectivity index (χ0) is 18.4. The number of benzene rings is 2. The van der Waals surface area contributed by atoms with E-state index < -0.39 is 5.97 Å². The van der Waals surface area contributed by atoms with E-state index in [2.05, 4.69) is 5.32 Å². The number of piperidine rings is 1. The molecule has 2 aromatic rings. The van der Waals surface area contributed by atoms with Crippen LogP contribution in [0.2, 0.25) is 0 Å². The molecule has 1 fully saturated rings. The minimum absolute atomic E-state index is 0.128. The number of likely N-dealkylation sites (tertiary alicyclic amines) is 1. The first kappa shape index (κ1) is 18.1. The molecule has 0 bridgehead atoms. The lowest BCUT2D eigenvalue weighted by atomic mass is 10.1. The van der Waals surface area contributed by atoms with E-state index in [9.17, 15) is 9.59 Å². The second-order valence-electron chi connectivity index (χ2n) is 6.66. The molecular formula is C21H24N2O3. The van der Waals surface area contributed by atoms with Gasteiger partial charge in [-0.3, -0.25) is 4.79 Å². The summed E-state index contributed by atoms with van der Waals surface area (Å²) in [5, 5.41) is 12.2. The average molecular weight is 352 g/mol. The first-order valence-electron chi connectivity index (χ1n) is 9.04. The summed E-state index contributed by atoms with van der Waals surface area (Å²) in [4.78, 5) is 25.2. The van der Waals surface area contributed by atoms with Gasteiger partial charge in [-0.1, -0.05) is 24.3 Å². The number of rotatable bonds is 6. The van der Waals surface area contributed by atoms with Gasteiger partial charge >= 0.3 is 5.97 Å². The van der Waals surface area contributed by atoms with Gasteiger partial charge in [-0.05, 0) is 54.7 Å². The lowest BCUT2D eigenvalue weighted by molar-refractivity contribution is 0.0694. The number of amides is 1. The van der Waals surface area contributed by atoms with Crippen molar-refractivity contribution in [1.29, 1.82) is 0 Å². The maximum Gasteiger partial charge on any atom is 0.335 e. The van der Waals surface area contributed by atoms with Gasteiger partial charge in [-0.15, -0.1) is 0 Å². The Morgan fingerprint density at radius 2 is 1.31 bits per heavy atom. The van der Waals surface area contributed by atoms with E-state index >= 15 is 0 Å². The Bertz CT molecular complexity index is 748. The first-order chi connectivity index (χ1) is 12.6. The van der Waals surface area contributed by atoms with Crippen molar-refractivity contribution in [3.63, 3.8) is 0 Å². The molecule has 0 atom stereocenters. The van der Waals surface area contributed by atoms with E-state index in [-0.39, 0.29) is 5.91 Å². The largest absolute Gasteiger partial charge is 0.478 e. The van der Waals surface area contributed by atoms with Gasteiger partial charge in [0.2, 0.25) is 0 Å². The minimum Gasteiger partial charge on any atom is -0.478 e. The number of hydrogen-bond acceptors (Lipinski definition) is 3. The third-order valence-corrected chi connectivity index (χ3v) is 4.70. The van der Waals surface area contributed by atoms with Crippen LogP contribution < -0.4 is 5.32 Å². The van der Waals surface area contributed by atoms with Crippen molar-refractivity contribution in [3.8, 4) is 0 Å². The molecule has 0 saturated carbocycles. The molecule has 5 nitrogen and oxygen atoms in total. The number of nitrogens with one attached hydrogen (secondary N) is 1. The fourth-order valence-corrected chi connectivity index (χ4v) is 3.16. The molecule has 3 rings (SSSR count). The van der Waals surface area contributed by atoms with Crippen LogP contribution in [-0.4, -0.2) is 35.0 Å². The molecule has 1 amide bonds. The Labute approximate surface area is 153 Å². The maximum atomic E-state index is 12.5. The number of carboxylic acids is 1. The standard InChI is InChI=1S/C21H24N2O3/c24-20(23-12-2-1-3-13-23)18-8-4-16(5-9-18)14-22-15-17-6-10-19(11-7-17)21(25)26/h4-11,22H,1-3,12-15H2,(H,25,26). The van der Waals surface area contributed by atoms with Crippen LogP contribution in [0.3, 0.4) is 0 Å². The molecule has 2 N–H and O–H groups in total. The first-order valence-corrected chi connectivity index (χ1v) is 9.04. The van der Waals surface area contributed by atoms with E-state index in [0.29, 0.717) is 18.7 Å². The molecule has 1 saturated heterocycles. The molecular weight excluding hydrogens is 328 g/mol. The fraction of sp³-hybridized carbons (Fsp3) is 0.333. The molecule has 1 aliphatic heterocycles. The van der Waals surface area contributed by atoms with Crippen molar-refractivity contribution >= 4 is 11.9 Å². The van der Waals surface area contributed by atoms with Gasteiger partial charge in [0.15, 0.2) is 0 Å². The summed E-state index contributed by atoms with van der Waals surface area (Å²) in [6.07, 6.45) is 3.41. The molecule has 0 unspecified atom stereocenters. The zero-order valence-electron chi connectivity index (χ0n) is 14.8. The van der Waals surface area contributed by atoms with Gasteiger partial charge in [0.25, 0.3) is 5.91 Å². The van der Waals surface area contributed by atoms with Crippen LogP contribution in [0.25, 0.3) is 0 Å². The Kier molecular flexibility index (Phi) is 6.02. The van der Waals surface area contributed by atoms with Crippen LogP contribution in [0, 0.1) is 0 Å². The number of carboxylic acid groups (broad SMARTS) is 1. The zero-order valence-corrected chi connectivity index (χ0v) is 14.8. The predicted octanol–water partition coefficient (Wildman–Crippen LogP) is 3.30. The third kappa shape index (κ3) is 4.70. The molecule has 0 radical (unpaired) electrons. The van der Waals surface area contributed by atoms with Crippen molar-refractivity contribution in [2.24, 2.45) is 0 Å². The molecule has 2 aromatic carbocycles. The van der Waals surface area contributed by atoms with Crippen molar-refractivity contribution in [2.45, 2.75) is 32.4 Å². The van der Waals surface area contributed by atoms with Crippen LogP contribution in [0.15, 0.2) is 48.5 Å². The lowest BCUT2D eigenvalue weighted by Crippen LogP contribution is -2.35. The molecule has 1 aliphatic rings. The van der Waals surface area contributed by atoms with Crippen molar-refractivity contribution in [2.75, 3.05) is 13.1 Å². The summed E-state index contributed by atoms with van der Waals surface area (Å²) in [5.74, 6) is -0.786. The smallest absolute Gasteiger partial charge is 0.335 e. The van der Waals surface area contributed by atoms with E-state index in [1.807, 2.05) is 41.3 Å². The molecule has 0 aliphatic carbocycles. The van der Waals surface area contributed by atoms with Gasteiger partial charge in [0, 0.05) is 31.7 Å². The maximum absolute atomic E-state index is 12.5. The number of nitrogens with zero attached hydrogens (tertiary/aromatic N) is 1. The average Bonchev–Trinajstić information content (AvgIpc) is 2.69. The molecule has 136 valence electrons. The van der Waals surface area contributed by atoms with Crippen molar-refractivity contribution < 1.29 is 14.7 Å². The van der Waals surface area contributed by atoms with Gasteiger partial charge in [-0.25, -0.2) is 4.79 Å². The van der Waals surface area contributed by atoms with E-state index in [4.69, 9.17) is 5.11 Å². The second kappa shape index (κ2) is 8.63. The van der Waals surface area contributed by atoms with E-state index in [0.717, 1.165) is 42.6 Å². The molecule has 1 heterocycles. The predicted molar refractivity (Wildman–Crippen MR) is 100 cm³/mol. The van der Waals surface area contributed by atoms with Crippen LogP contribution in [0.1, 0.15) is 51.1 Å². The second-order valence-corrected chi connectivity index (χ2v) is 6.66. The van der Waals surface area contributed by atoms with Gasteiger partial charge in [0.1, 0.15) is 0 Å². The Morgan fingerprint density at radius 1 is 0.808 bits per heavy atom. The number of carbonyl (C=O) groups excluding carboxylic acids is 1. The highest BCUT2D eigenvalue weighted by atomic mass is 16.4. The Morgan fingerprint density at radius 3 is 1.81 bits per heavy atom. The molecule has 5 heteroatoms. The SMILES string of the molecule is O=C(O)c1ccc(CNCc2ccc(C(=O)N3CCCCC3)cc2)cc1. The van der Waals surface area contributed by atoms with E-state index in [1.54, 1.807) is 12.1 Å². The van der Waals surface area contributed by atoms with Gasteiger partial charge in [0.05, 0.1) is 5.56 Å². The molecule has 0 aromatic heterocycles. The van der Waals surface area contributed by atoms with Gasteiger partial charge < -0.3 is 15.3 Å². The van der Waals surface area contributed by atoms with Crippen LogP contribution in [0.5, 0.6) is 0 Å². The number of aromatic carboxylic acids is 1.